The highest BCUT2D eigenvalue weighted by molar-refractivity contribution is 7.92. The van der Waals surface area contributed by atoms with E-state index in [-0.39, 0.29) is 18.7 Å². The van der Waals surface area contributed by atoms with Crippen molar-refractivity contribution in [2.75, 3.05) is 6.54 Å². The molecule has 1 aromatic heterocycles. The molecule has 2 aliphatic rings. The molecule has 2 aromatic carbocycles. The predicted molar refractivity (Wildman–Crippen MR) is 129 cm³/mol. The molecule has 2 N–H and O–H groups in total. The molecule has 2 atom stereocenters. The number of hydrogen-bond donors (Lipinski definition) is 2. The number of imidazole rings is 1. The summed E-state index contributed by atoms with van der Waals surface area (Å²) in [4.78, 5) is 15.5. The Morgan fingerprint density at radius 2 is 1.95 bits per heavy atom. The van der Waals surface area contributed by atoms with Crippen molar-refractivity contribution in [3.05, 3.63) is 66.5 Å². The van der Waals surface area contributed by atoms with Crippen LogP contribution in [0, 0.1) is 11.3 Å². The minimum absolute atomic E-state index is 0.0987. The fourth-order valence-electron chi connectivity index (χ4n) is 4.37. The highest BCUT2D eigenvalue weighted by Gasteiger charge is 2.46. The summed E-state index contributed by atoms with van der Waals surface area (Å²) in [5.74, 6) is 0.400. The average Bonchev–Trinajstić information content (AvgIpc) is 3.26. The SMILES string of the molecule is N#CC1(NC(=O)O[C@H]2C[C@@H](S(=O)(=O)c3ccc(-n4ccnc4-c4ccccc4)cc3C(F)(F)F)CN2)CC1. The first-order chi connectivity index (χ1) is 18.0. The minimum Gasteiger partial charge on any atom is -0.430 e. The topological polar surface area (TPSA) is 126 Å². The smallest absolute Gasteiger partial charge is 0.417 e. The number of amides is 1. The van der Waals surface area contributed by atoms with Crippen molar-refractivity contribution < 1.29 is 31.1 Å². The number of rotatable bonds is 6. The quantitative estimate of drug-likeness (QED) is 0.483. The standard InChI is InChI=1S/C25H22F3N5O4S/c26-25(27,28)19-12-17(33-11-10-30-22(33)16-4-2-1-3-5-16)6-7-20(19)38(35,36)18-13-21(31-14-18)37-23(34)32-24(15-29)8-9-24/h1-7,10-12,18,21,31H,8-9,13-14H2,(H,32,34)/t18-,21+/m1/s1. The molecule has 2 heterocycles. The van der Waals surface area contributed by atoms with Gasteiger partial charge in [-0.2, -0.15) is 18.4 Å². The number of nitrogens with zero attached hydrogens (tertiary/aromatic N) is 3. The third-order valence-corrected chi connectivity index (χ3v) is 8.78. The fraction of sp³-hybridized carbons (Fsp3) is 0.320. The molecule has 9 nitrogen and oxygen atoms in total. The Hall–Kier alpha value is -3.89. The Morgan fingerprint density at radius 3 is 2.61 bits per heavy atom. The number of benzene rings is 2. The summed E-state index contributed by atoms with van der Waals surface area (Å²) in [5, 5.41) is 13.0. The van der Waals surface area contributed by atoms with Gasteiger partial charge in [-0.15, -0.1) is 0 Å². The summed E-state index contributed by atoms with van der Waals surface area (Å²) in [6.07, 6.45) is -3.21. The van der Waals surface area contributed by atoms with Crippen LogP contribution in [0.5, 0.6) is 0 Å². The number of halogens is 3. The van der Waals surface area contributed by atoms with E-state index < -0.39 is 49.6 Å². The van der Waals surface area contributed by atoms with E-state index in [1.54, 1.807) is 30.3 Å². The van der Waals surface area contributed by atoms with Crippen LogP contribution in [0.25, 0.3) is 17.1 Å². The van der Waals surface area contributed by atoms with E-state index in [2.05, 4.69) is 15.6 Å². The van der Waals surface area contributed by atoms with Crippen molar-refractivity contribution in [2.24, 2.45) is 0 Å². The highest BCUT2D eigenvalue weighted by Crippen LogP contribution is 2.39. The minimum atomic E-state index is -4.95. The van der Waals surface area contributed by atoms with Crippen LogP contribution in [0.15, 0.2) is 65.8 Å². The summed E-state index contributed by atoms with van der Waals surface area (Å²) in [7, 11) is -4.47. The van der Waals surface area contributed by atoms with Crippen molar-refractivity contribution in [1.82, 2.24) is 20.2 Å². The number of ether oxygens (including phenoxy) is 1. The molecule has 0 unspecified atom stereocenters. The van der Waals surface area contributed by atoms with Crippen LogP contribution in [0.1, 0.15) is 24.8 Å². The van der Waals surface area contributed by atoms with Gasteiger partial charge >= 0.3 is 12.3 Å². The summed E-state index contributed by atoms with van der Waals surface area (Å²) in [6.45, 7) is -0.206. The van der Waals surface area contributed by atoms with Gasteiger partial charge in [-0.05, 0) is 31.0 Å². The molecule has 0 spiro atoms. The molecule has 1 saturated carbocycles. The van der Waals surface area contributed by atoms with Gasteiger partial charge in [-0.1, -0.05) is 30.3 Å². The summed E-state index contributed by atoms with van der Waals surface area (Å²) in [5.41, 5.74) is -1.49. The van der Waals surface area contributed by atoms with Gasteiger partial charge in [-0.25, -0.2) is 18.2 Å². The lowest BCUT2D eigenvalue weighted by atomic mass is 10.1. The number of carbonyl (C=O) groups excluding carboxylic acids is 1. The van der Waals surface area contributed by atoms with E-state index >= 15 is 0 Å². The van der Waals surface area contributed by atoms with Gasteiger partial charge in [0.15, 0.2) is 16.1 Å². The monoisotopic (exact) mass is 545 g/mol. The third kappa shape index (κ3) is 4.97. The zero-order chi connectivity index (χ0) is 27.1. The number of aromatic nitrogens is 2. The maximum absolute atomic E-state index is 14.1. The number of nitriles is 1. The Balaban J connectivity index is 1.40. The molecule has 0 radical (unpaired) electrons. The van der Waals surface area contributed by atoms with Gasteiger partial charge < -0.3 is 10.1 Å². The van der Waals surface area contributed by atoms with Gasteiger partial charge in [0.2, 0.25) is 0 Å². The number of alkyl carbamates (subject to hydrolysis) is 1. The number of sulfone groups is 1. The van der Waals surface area contributed by atoms with Crippen LogP contribution in [-0.4, -0.2) is 47.6 Å². The molecule has 0 bridgehead atoms. The van der Waals surface area contributed by atoms with Crippen LogP contribution in [-0.2, 0) is 20.8 Å². The first-order valence-electron chi connectivity index (χ1n) is 11.7. The largest absolute Gasteiger partial charge is 0.430 e. The second-order valence-corrected chi connectivity index (χ2v) is 11.4. The first kappa shape index (κ1) is 25.7. The molecule has 1 saturated heterocycles. The number of nitrogens with one attached hydrogen (secondary N) is 2. The fourth-order valence-corrected chi connectivity index (χ4v) is 6.21. The van der Waals surface area contributed by atoms with Crippen molar-refractivity contribution in [1.29, 1.82) is 5.26 Å². The number of alkyl halides is 3. The van der Waals surface area contributed by atoms with E-state index in [1.807, 2.05) is 6.07 Å². The van der Waals surface area contributed by atoms with E-state index in [1.165, 1.54) is 23.0 Å². The van der Waals surface area contributed by atoms with Gasteiger partial charge in [0, 0.05) is 36.6 Å². The molecule has 5 rings (SSSR count). The van der Waals surface area contributed by atoms with Gasteiger partial charge in [0.05, 0.1) is 21.8 Å². The zero-order valence-electron chi connectivity index (χ0n) is 19.8. The van der Waals surface area contributed by atoms with Crippen molar-refractivity contribution in [2.45, 2.75) is 47.4 Å². The van der Waals surface area contributed by atoms with Crippen LogP contribution in [0.2, 0.25) is 0 Å². The molecule has 1 aliphatic heterocycles. The van der Waals surface area contributed by atoms with Gasteiger partial charge in [0.1, 0.15) is 11.4 Å². The van der Waals surface area contributed by atoms with Crippen LogP contribution in [0.4, 0.5) is 18.0 Å². The normalized spacial score (nSPS) is 20.5. The lowest BCUT2D eigenvalue weighted by molar-refractivity contribution is -0.139. The summed E-state index contributed by atoms with van der Waals surface area (Å²) in [6, 6.07) is 13.9. The lowest BCUT2D eigenvalue weighted by Gasteiger charge is -2.19. The summed E-state index contributed by atoms with van der Waals surface area (Å²) < 4.78 is 75.8. The molecule has 13 heteroatoms. The number of carbonyl (C=O) groups is 1. The highest BCUT2D eigenvalue weighted by atomic mass is 32.2. The molecule has 3 aromatic rings. The maximum atomic E-state index is 14.1. The average molecular weight is 546 g/mol. The van der Waals surface area contributed by atoms with E-state index in [4.69, 9.17) is 10.00 Å². The van der Waals surface area contributed by atoms with Crippen molar-refractivity contribution >= 4 is 15.9 Å². The Kier molecular flexibility index (Phi) is 6.40. The molecular formula is C25H22F3N5O4S. The summed E-state index contributed by atoms with van der Waals surface area (Å²) >= 11 is 0. The van der Waals surface area contributed by atoms with Crippen LogP contribution >= 0.6 is 0 Å². The molecule has 38 heavy (non-hydrogen) atoms. The first-order valence-corrected chi connectivity index (χ1v) is 13.2. The Morgan fingerprint density at radius 1 is 1.21 bits per heavy atom. The van der Waals surface area contributed by atoms with E-state index in [9.17, 15) is 26.4 Å². The molecule has 1 aliphatic carbocycles. The molecule has 1 amide bonds. The predicted octanol–water partition coefficient (Wildman–Crippen LogP) is 3.80. The molecule has 198 valence electrons. The Labute approximate surface area is 216 Å². The third-order valence-electron chi connectivity index (χ3n) is 6.57. The molecular weight excluding hydrogens is 523 g/mol. The Bertz CT molecular complexity index is 1510. The van der Waals surface area contributed by atoms with Crippen LogP contribution < -0.4 is 10.6 Å². The molecule has 2 fully saturated rings. The van der Waals surface area contributed by atoms with Crippen LogP contribution in [0.3, 0.4) is 0 Å². The zero-order valence-corrected chi connectivity index (χ0v) is 20.6. The van der Waals surface area contributed by atoms with E-state index in [0.29, 0.717) is 24.2 Å². The van der Waals surface area contributed by atoms with E-state index in [0.717, 1.165) is 12.1 Å². The second-order valence-electron chi connectivity index (χ2n) is 9.19. The lowest BCUT2D eigenvalue weighted by Crippen LogP contribution is -2.40. The van der Waals surface area contributed by atoms with Gasteiger partial charge in [0.25, 0.3) is 0 Å². The van der Waals surface area contributed by atoms with Gasteiger partial charge in [-0.3, -0.25) is 9.88 Å². The number of hydrogen-bond acceptors (Lipinski definition) is 7. The second kappa shape index (κ2) is 9.45. The maximum Gasteiger partial charge on any atom is 0.417 e. The van der Waals surface area contributed by atoms with Crippen molar-refractivity contribution in [3.8, 4) is 23.1 Å². The van der Waals surface area contributed by atoms with Crippen molar-refractivity contribution in [3.63, 3.8) is 0 Å².